The molecule has 1 aliphatic heterocycles. The molecule has 3 rings (SSSR count). The molecule has 1 heterocycles. The number of guanidine groups is 2. The summed E-state index contributed by atoms with van der Waals surface area (Å²) in [5.41, 5.74) is 7.15. The molecule has 0 saturated heterocycles. The quantitative estimate of drug-likeness (QED) is 0.475. The molecule has 0 aromatic heterocycles. The summed E-state index contributed by atoms with van der Waals surface area (Å²) in [6, 6.07) is 15.0. The van der Waals surface area contributed by atoms with Crippen LogP contribution in [0, 0.1) is 0 Å². The summed E-state index contributed by atoms with van der Waals surface area (Å²) in [5.74, 6) is -0.619. The standard InChI is InChI=1S/C18H17ClN6O2/c19-11-6-8-13(9-7-11)21-15(26)10-14-16(27)24-18(23-14)25-17(20)22-12-4-2-1-3-5-12/h1-9,14H,10H2,(H,21,26)(H4,20,22,23,24,25,27)/t14-/m1/s1. The number of aliphatic imine (C=N–C) groups is 2. The van der Waals surface area contributed by atoms with Crippen LogP contribution >= 0.6 is 11.6 Å². The lowest BCUT2D eigenvalue weighted by Crippen LogP contribution is -2.32. The van der Waals surface area contributed by atoms with Gasteiger partial charge in [0.15, 0.2) is 0 Å². The second kappa shape index (κ2) is 8.33. The first kappa shape index (κ1) is 18.4. The van der Waals surface area contributed by atoms with Crippen LogP contribution in [0.4, 0.5) is 11.4 Å². The molecule has 27 heavy (non-hydrogen) atoms. The van der Waals surface area contributed by atoms with Crippen LogP contribution in [0.15, 0.2) is 64.6 Å². The van der Waals surface area contributed by atoms with Crippen LogP contribution < -0.4 is 21.7 Å². The number of rotatable bonds is 4. The molecule has 0 fully saturated rings. The third-order valence-electron chi connectivity index (χ3n) is 3.60. The summed E-state index contributed by atoms with van der Waals surface area (Å²) in [5, 5.41) is 8.64. The van der Waals surface area contributed by atoms with E-state index in [-0.39, 0.29) is 24.2 Å². The highest BCUT2D eigenvalue weighted by Crippen LogP contribution is 2.15. The zero-order valence-electron chi connectivity index (χ0n) is 14.1. The van der Waals surface area contributed by atoms with Gasteiger partial charge in [-0.25, -0.2) is 4.99 Å². The van der Waals surface area contributed by atoms with Gasteiger partial charge in [0.05, 0.1) is 6.42 Å². The second-order valence-electron chi connectivity index (χ2n) is 5.71. The Morgan fingerprint density at radius 2 is 1.78 bits per heavy atom. The van der Waals surface area contributed by atoms with E-state index in [0.29, 0.717) is 10.7 Å². The molecule has 0 saturated carbocycles. The molecule has 0 aliphatic carbocycles. The van der Waals surface area contributed by atoms with E-state index in [1.807, 2.05) is 30.3 Å². The van der Waals surface area contributed by atoms with Gasteiger partial charge >= 0.3 is 0 Å². The van der Waals surface area contributed by atoms with Crippen molar-refractivity contribution in [1.82, 2.24) is 5.32 Å². The van der Waals surface area contributed by atoms with Crippen LogP contribution in [-0.4, -0.2) is 29.8 Å². The molecule has 138 valence electrons. The van der Waals surface area contributed by atoms with Gasteiger partial charge in [0.1, 0.15) is 6.04 Å². The first-order chi connectivity index (χ1) is 13.0. The molecule has 0 bridgehead atoms. The Morgan fingerprint density at radius 1 is 1.11 bits per heavy atom. The Balaban J connectivity index is 1.59. The number of nitrogens with one attached hydrogen (secondary N) is 3. The Hall–Kier alpha value is -3.39. The van der Waals surface area contributed by atoms with Gasteiger partial charge < -0.3 is 16.4 Å². The third kappa shape index (κ3) is 5.29. The molecule has 2 amide bonds. The molecule has 2 aromatic carbocycles. The van der Waals surface area contributed by atoms with Crippen molar-refractivity contribution in [3.63, 3.8) is 0 Å². The molecule has 0 radical (unpaired) electrons. The largest absolute Gasteiger partial charge is 0.369 e. The lowest BCUT2D eigenvalue weighted by Gasteiger charge is -2.06. The Bertz CT molecular complexity index is 896. The lowest BCUT2D eigenvalue weighted by molar-refractivity contribution is -0.123. The summed E-state index contributed by atoms with van der Waals surface area (Å²) in [6.45, 7) is 0. The monoisotopic (exact) mass is 384 g/mol. The number of nitrogens with two attached hydrogens (primary N) is 1. The average molecular weight is 385 g/mol. The zero-order chi connectivity index (χ0) is 19.2. The van der Waals surface area contributed by atoms with E-state index in [2.05, 4.69) is 25.9 Å². The van der Waals surface area contributed by atoms with Gasteiger partial charge in [-0.1, -0.05) is 29.8 Å². The van der Waals surface area contributed by atoms with E-state index in [4.69, 9.17) is 17.3 Å². The number of halogens is 1. The number of benzene rings is 2. The first-order valence-corrected chi connectivity index (χ1v) is 8.48. The maximum Gasteiger partial charge on any atom is 0.252 e. The summed E-state index contributed by atoms with van der Waals surface area (Å²) < 4.78 is 0. The van der Waals surface area contributed by atoms with Crippen molar-refractivity contribution in [1.29, 1.82) is 0 Å². The lowest BCUT2D eigenvalue weighted by atomic mass is 10.2. The predicted octanol–water partition coefficient (Wildman–Crippen LogP) is 1.95. The summed E-state index contributed by atoms with van der Waals surface area (Å²) in [6.07, 6.45) is -0.112. The second-order valence-corrected chi connectivity index (χ2v) is 6.14. The zero-order valence-corrected chi connectivity index (χ0v) is 14.9. The van der Waals surface area contributed by atoms with Crippen molar-refractivity contribution < 1.29 is 9.59 Å². The van der Waals surface area contributed by atoms with Crippen LogP contribution in [-0.2, 0) is 9.59 Å². The Morgan fingerprint density at radius 3 is 2.48 bits per heavy atom. The molecule has 0 spiro atoms. The van der Waals surface area contributed by atoms with E-state index in [1.165, 1.54) is 0 Å². The number of anilines is 2. The number of nitrogens with zero attached hydrogens (tertiary/aromatic N) is 2. The topological polar surface area (TPSA) is 121 Å². The van der Waals surface area contributed by atoms with Crippen molar-refractivity contribution in [2.24, 2.45) is 15.7 Å². The number of amides is 2. The van der Waals surface area contributed by atoms with Crippen molar-refractivity contribution in [3.8, 4) is 0 Å². The minimum absolute atomic E-state index is 0.0604. The van der Waals surface area contributed by atoms with E-state index in [9.17, 15) is 9.59 Å². The molecule has 8 nitrogen and oxygen atoms in total. The Labute approximate surface area is 160 Å². The van der Waals surface area contributed by atoms with Gasteiger partial charge in [0.2, 0.25) is 17.8 Å². The van der Waals surface area contributed by atoms with Crippen molar-refractivity contribution >= 4 is 46.7 Å². The molecule has 1 atom stereocenters. The molecule has 5 N–H and O–H groups in total. The Kier molecular flexibility index (Phi) is 5.68. The average Bonchev–Trinajstić information content (AvgIpc) is 2.96. The van der Waals surface area contributed by atoms with Gasteiger partial charge in [-0.15, -0.1) is 0 Å². The van der Waals surface area contributed by atoms with Crippen molar-refractivity contribution in [2.75, 3.05) is 10.6 Å². The minimum atomic E-state index is -0.861. The first-order valence-electron chi connectivity index (χ1n) is 8.10. The number of carbonyl (C=O) groups is 2. The van der Waals surface area contributed by atoms with E-state index < -0.39 is 11.9 Å². The number of carbonyl (C=O) groups excluding carboxylic acids is 2. The highest BCUT2D eigenvalue weighted by Gasteiger charge is 2.28. The highest BCUT2D eigenvalue weighted by molar-refractivity contribution is 6.30. The minimum Gasteiger partial charge on any atom is -0.369 e. The van der Waals surface area contributed by atoms with E-state index >= 15 is 0 Å². The van der Waals surface area contributed by atoms with Crippen LogP contribution in [0.1, 0.15) is 6.42 Å². The fraction of sp³-hybridized carbons (Fsp3) is 0.111. The maximum atomic E-state index is 12.1. The maximum absolute atomic E-state index is 12.1. The van der Waals surface area contributed by atoms with Gasteiger partial charge in [-0.05, 0) is 36.4 Å². The predicted molar refractivity (Wildman–Crippen MR) is 106 cm³/mol. The highest BCUT2D eigenvalue weighted by atomic mass is 35.5. The van der Waals surface area contributed by atoms with Crippen molar-refractivity contribution in [3.05, 3.63) is 59.6 Å². The van der Waals surface area contributed by atoms with Gasteiger partial charge in [0, 0.05) is 16.4 Å². The number of hydrogen-bond donors (Lipinski definition) is 4. The van der Waals surface area contributed by atoms with Crippen molar-refractivity contribution in [2.45, 2.75) is 12.5 Å². The van der Waals surface area contributed by atoms with E-state index in [0.717, 1.165) is 5.69 Å². The fourth-order valence-corrected chi connectivity index (χ4v) is 2.49. The van der Waals surface area contributed by atoms with Gasteiger partial charge in [0.25, 0.3) is 5.91 Å². The molecule has 1 aliphatic rings. The summed E-state index contributed by atoms with van der Waals surface area (Å²) in [4.78, 5) is 32.2. The molecular weight excluding hydrogens is 368 g/mol. The summed E-state index contributed by atoms with van der Waals surface area (Å²) >= 11 is 5.80. The van der Waals surface area contributed by atoms with E-state index in [1.54, 1.807) is 24.3 Å². The smallest absolute Gasteiger partial charge is 0.252 e. The SMILES string of the molecule is NC(=NC1=N[C@H](CC(=O)Nc2ccc(Cl)cc2)C(=O)N1)Nc1ccccc1. The number of para-hydroxylation sites is 1. The molecule has 9 heteroatoms. The third-order valence-corrected chi connectivity index (χ3v) is 3.85. The fourth-order valence-electron chi connectivity index (χ4n) is 2.36. The molecular formula is C18H17ClN6O2. The van der Waals surface area contributed by atoms with Crippen LogP contribution in [0.5, 0.6) is 0 Å². The van der Waals surface area contributed by atoms with Crippen LogP contribution in [0.25, 0.3) is 0 Å². The van der Waals surface area contributed by atoms with Gasteiger partial charge in [-0.2, -0.15) is 4.99 Å². The van der Waals surface area contributed by atoms with Crippen LogP contribution in [0.3, 0.4) is 0 Å². The summed E-state index contributed by atoms with van der Waals surface area (Å²) in [7, 11) is 0. The molecule has 2 aromatic rings. The normalized spacial score (nSPS) is 16.5. The number of hydrogen-bond acceptors (Lipinski definition) is 4. The van der Waals surface area contributed by atoms with Crippen LogP contribution in [0.2, 0.25) is 5.02 Å². The molecule has 0 unspecified atom stereocenters. The van der Waals surface area contributed by atoms with Gasteiger partial charge in [-0.3, -0.25) is 14.9 Å².